The molecule has 0 aliphatic rings. The number of hydrogen-bond acceptors (Lipinski definition) is 2. The quantitative estimate of drug-likeness (QED) is 0.193. The zero-order valence-corrected chi connectivity index (χ0v) is 12.6. The van der Waals surface area contributed by atoms with Crippen LogP contribution in [0.3, 0.4) is 0 Å². The van der Waals surface area contributed by atoms with Crippen LogP contribution in [-0.4, -0.2) is 6.08 Å². The Morgan fingerprint density at radius 2 is 1.71 bits per heavy atom. The van der Waals surface area contributed by atoms with Gasteiger partial charge in [0, 0.05) is 5.02 Å². The van der Waals surface area contributed by atoms with Crippen molar-refractivity contribution in [3.8, 4) is 0 Å². The van der Waals surface area contributed by atoms with Gasteiger partial charge < -0.3 is 11.1 Å². The van der Waals surface area contributed by atoms with Gasteiger partial charge in [0.15, 0.2) is 0 Å². The SMILES string of the molecule is CC(C)(N=C=O)c1ccc(Cl)cc1.[N-]=[N+]=[N-].[Na+]. The van der Waals surface area contributed by atoms with Crippen LogP contribution in [0.25, 0.3) is 16.0 Å². The van der Waals surface area contributed by atoms with Crippen LogP contribution < -0.4 is 29.6 Å². The molecule has 0 atom stereocenters. The van der Waals surface area contributed by atoms with Crippen molar-refractivity contribution in [2.24, 2.45) is 4.99 Å². The summed E-state index contributed by atoms with van der Waals surface area (Å²) in [6.45, 7) is 3.70. The Kier molecular flexibility index (Phi) is 10.1. The van der Waals surface area contributed by atoms with E-state index in [-0.39, 0.29) is 29.6 Å². The van der Waals surface area contributed by atoms with E-state index in [1.54, 1.807) is 18.2 Å². The average molecular weight is 261 g/mol. The van der Waals surface area contributed by atoms with E-state index in [4.69, 9.17) is 22.7 Å². The Morgan fingerprint density at radius 3 is 2.06 bits per heavy atom. The first-order chi connectivity index (χ1) is 7.47. The Labute approximate surface area is 127 Å². The summed E-state index contributed by atoms with van der Waals surface area (Å²) in [6, 6.07) is 7.25. The standard InChI is InChI=1S/C10H10ClNO.N3.Na/c1-10(2,12-7-13)8-3-5-9(11)6-4-8;1-3-2;/h3-6H,1-2H3;;/q;-1;+1. The molecule has 5 nitrogen and oxygen atoms in total. The van der Waals surface area contributed by atoms with Crippen molar-refractivity contribution in [2.75, 3.05) is 0 Å². The molecule has 0 radical (unpaired) electrons. The summed E-state index contributed by atoms with van der Waals surface area (Å²) in [5.74, 6) is 0. The predicted molar refractivity (Wildman–Crippen MR) is 62.7 cm³/mol. The second kappa shape index (κ2) is 9.25. The van der Waals surface area contributed by atoms with Crippen LogP contribution in [-0.2, 0) is 10.3 Å². The van der Waals surface area contributed by atoms with Gasteiger partial charge in [-0.3, -0.25) is 4.91 Å². The van der Waals surface area contributed by atoms with Crippen molar-refractivity contribution in [1.29, 1.82) is 0 Å². The van der Waals surface area contributed by atoms with Crippen molar-refractivity contribution >= 4 is 17.7 Å². The number of aliphatic imine (C=N–C) groups is 1. The second-order valence-electron chi connectivity index (χ2n) is 3.36. The van der Waals surface area contributed by atoms with Gasteiger partial charge in [-0.1, -0.05) is 23.7 Å². The molecule has 0 bridgehead atoms. The molecule has 0 spiro atoms. The minimum Gasteiger partial charge on any atom is -0.373 e. The number of hydrogen-bond donors (Lipinski definition) is 0. The molecule has 0 aromatic heterocycles. The van der Waals surface area contributed by atoms with E-state index in [2.05, 4.69) is 4.99 Å². The maximum atomic E-state index is 10.1. The molecule has 1 aromatic rings. The number of halogens is 1. The first-order valence-electron chi connectivity index (χ1n) is 4.31. The third-order valence-electron chi connectivity index (χ3n) is 1.88. The molecule has 0 aliphatic carbocycles. The number of carbonyl (C=O) groups excluding carboxylic acids is 1. The van der Waals surface area contributed by atoms with Crippen LogP contribution >= 0.6 is 11.6 Å². The molecule has 0 unspecified atom stereocenters. The fraction of sp³-hybridized carbons (Fsp3) is 0.300. The fourth-order valence-electron chi connectivity index (χ4n) is 1.04. The summed E-state index contributed by atoms with van der Waals surface area (Å²) in [6.07, 6.45) is 1.56. The minimum atomic E-state index is -0.521. The van der Waals surface area contributed by atoms with Gasteiger partial charge in [0.1, 0.15) is 0 Å². The first kappa shape index (κ1) is 18.6. The van der Waals surface area contributed by atoms with Crippen molar-refractivity contribution in [1.82, 2.24) is 0 Å². The van der Waals surface area contributed by atoms with Crippen molar-refractivity contribution < 1.29 is 34.4 Å². The zero-order valence-electron chi connectivity index (χ0n) is 9.88. The summed E-state index contributed by atoms with van der Waals surface area (Å²) >= 11 is 5.73. The summed E-state index contributed by atoms with van der Waals surface area (Å²) in [5.41, 5.74) is 13.9. The molecule has 0 N–H and O–H groups in total. The third kappa shape index (κ3) is 7.18. The van der Waals surface area contributed by atoms with Crippen LogP contribution in [0, 0.1) is 0 Å². The average Bonchev–Trinajstić information content (AvgIpc) is 2.19. The molecule has 1 rings (SSSR count). The molecule has 0 amide bonds. The number of rotatable bonds is 2. The van der Waals surface area contributed by atoms with E-state index >= 15 is 0 Å². The van der Waals surface area contributed by atoms with Gasteiger partial charge in [0.25, 0.3) is 0 Å². The van der Waals surface area contributed by atoms with Gasteiger partial charge in [0.05, 0.1) is 5.54 Å². The van der Waals surface area contributed by atoms with Gasteiger partial charge in [-0.25, -0.2) is 4.79 Å². The van der Waals surface area contributed by atoms with Gasteiger partial charge >= 0.3 is 29.6 Å². The molecule has 0 saturated heterocycles. The van der Waals surface area contributed by atoms with Crippen LogP contribution in [0.1, 0.15) is 19.4 Å². The second-order valence-corrected chi connectivity index (χ2v) is 3.79. The normalized spacial score (nSPS) is 8.65. The fourth-order valence-corrected chi connectivity index (χ4v) is 1.16. The van der Waals surface area contributed by atoms with E-state index in [1.807, 2.05) is 26.0 Å². The van der Waals surface area contributed by atoms with Gasteiger partial charge in [0.2, 0.25) is 6.08 Å². The first-order valence-corrected chi connectivity index (χ1v) is 4.69. The van der Waals surface area contributed by atoms with E-state index in [0.717, 1.165) is 5.56 Å². The molecule has 0 saturated carbocycles. The molecule has 0 fully saturated rings. The Hall–Kier alpha value is -0.800. The van der Waals surface area contributed by atoms with Crippen LogP contribution in [0.4, 0.5) is 0 Å². The molecule has 84 valence electrons. The Balaban J connectivity index is 0. The van der Waals surface area contributed by atoms with E-state index in [1.165, 1.54) is 4.91 Å². The Bertz CT molecular complexity index is 420. The number of isocyanates is 1. The summed E-state index contributed by atoms with van der Waals surface area (Å²) in [4.78, 5) is 15.4. The van der Waals surface area contributed by atoms with Crippen molar-refractivity contribution in [3.05, 3.63) is 50.8 Å². The summed E-state index contributed by atoms with van der Waals surface area (Å²) < 4.78 is 0. The summed E-state index contributed by atoms with van der Waals surface area (Å²) in [5, 5.41) is 0.676. The van der Waals surface area contributed by atoms with Gasteiger partial charge in [-0.05, 0) is 31.5 Å². The van der Waals surface area contributed by atoms with E-state index < -0.39 is 5.54 Å². The molecule has 0 heterocycles. The maximum absolute atomic E-state index is 10.1. The molecule has 7 heteroatoms. The van der Waals surface area contributed by atoms with E-state index in [9.17, 15) is 4.79 Å². The topological polar surface area (TPSA) is 88.1 Å². The minimum absolute atomic E-state index is 0. The molecule has 1 aromatic carbocycles. The third-order valence-corrected chi connectivity index (χ3v) is 2.13. The summed E-state index contributed by atoms with van der Waals surface area (Å²) in [7, 11) is 0. The number of benzene rings is 1. The van der Waals surface area contributed by atoms with Crippen LogP contribution in [0.15, 0.2) is 29.3 Å². The monoisotopic (exact) mass is 260 g/mol. The Morgan fingerprint density at radius 1 is 1.29 bits per heavy atom. The molecular weight excluding hydrogens is 251 g/mol. The van der Waals surface area contributed by atoms with Gasteiger partial charge in [-0.15, -0.1) is 0 Å². The van der Waals surface area contributed by atoms with Crippen molar-refractivity contribution in [3.63, 3.8) is 0 Å². The predicted octanol–water partition coefficient (Wildman–Crippen LogP) is 0.781. The van der Waals surface area contributed by atoms with E-state index in [0.29, 0.717) is 5.02 Å². The largest absolute Gasteiger partial charge is 1.00 e. The van der Waals surface area contributed by atoms with Gasteiger partial charge in [-0.2, -0.15) is 4.99 Å². The zero-order chi connectivity index (χ0) is 12.6. The molecular formula is C10H10ClN4NaO. The maximum Gasteiger partial charge on any atom is 1.00 e. The molecule has 0 aliphatic heterocycles. The molecule has 17 heavy (non-hydrogen) atoms. The number of nitrogens with zero attached hydrogens (tertiary/aromatic N) is 4. The van der Waals surface area contributed by atoms with Crippen molar-refractivity contribution in [2.45, 2.75) is 19.4 Å². The van der Waals surface area contributed by atoms with Crippen LogP contribution in [0.2, 0.25) is 5.02 Å². The van der Waals surface area contributed by atoms with Crippen LogP contribution in [0.5, 0.6) is 0 Å². The smallest absolute Gasteiger partial charge is 0.373 e.